The Morgan fingerprint density at radius 3 is 2.81 bits per heavy atom. The third kappa shape index (κ3) is 3.90. The highest BCUT2D eigenvalue weighted by molar-refractivity contribution is 6.34. The zero-order chi connectivity index (χ0) is 19.6. The molecule has 2 aromatic rings. The van der Waals surface area contributed by atoms with Crippen LogP contribution >= 0.6 is 11.6 Å². The number of fused-ring (bicyclic) bond motifs is 1. The summed E-state index contributed by atoms with van der Waals surface area (Å²) in [5.74, 6) is -0.916. The van der Waals surface area contributed by atoms with E-state index >= 15 is 0 Å². The van der Waals surface area contributed by atoms with Gasteiger partial charge in [-0.05, 0) is 43.7 Å². The molecule has 0 saturated heterocycles. The molecule has 2 aromatic carbocycles. The van der Waals surface area contributed by atoms with Crippen molar-refractivity contribution in [1.29, 1.82) is 0 Å². The van der Waals surface area contributed by atoms with E-state index < -0.39 is 17.8 Å². The van der Waals surface area contributed by atoms with E-state index in [1.807, 2.05) is 6.92 Å². The Bertz CT molecular complexity index is 867. The fourth-order valence-corrected chi connectivity index (χ4v) is 3.19. The molecule has 0 fully saturated rings. The first-order chi connectivity index (χ1) is 12.9. The molecule has 5 nitrogen and oxygen atoms in total. The van der Waals surface area contributed by atoms with Crippen LogP contribution in [0.25, 0.3) is 0 Å². The smallest absolute Gasteiger partial charge is 0.267 e. The van der Waals surface area contributed by atoms with Gasteiger partial charge in [0.25, 0.3) is 11.8 Å². The zero-order valence-corrected chi connectivity index (χ0v) is 15.8. The first-order valence-electron chi connectivity index (χ1n) is 8.79. The third-order valence-corrected chi connectivity index (χ3v) is 4.67. The molecule has 3 rings (SSSR count). The van der Waals surface area contributed by atoms with Crippen molar-refractivity contribution < 1.29 is 18.7 Å². The first-order valence-corrected chi connectivity index (χ1v) is 9.17. The van der Waals surface area contributed by atoms with Crippen LogP contribution in [0.3, 0.4) is 0 Å². The molecule has 1 aliphatic heterocycles. The topological polar surface area (TPSA) is 58.6 Å². The SMILES string of the molecule is CCCCN1C(=O)C(C)Oc2ccc(NC(=O)c3c(F)cccc3Cl)cc21. The number of nitrogens with one attached hydrogen (secondary N) is 1. The number of rotatable bonds is 5. The van der Waals surface area contributed by atoms with E-state index in [2.05, 4.69) is 5.32 Å². The first kappa shape index (κ1) is 19.2. The summed E-state index contributed by atoms with van der Waals surface area (Å²) in [7, 11) is 0. The number of hydrogen-bond acceptors (Lipinski definition) is 3. The highest BCUT2D eigenvalue weighted by atomic mass is 35.5. The van der Waals surface area contributed by atoms with Gasteiger partial charge in [0, 0.05) is 12.2 Å². The quantitative estimate of drug-likeness (QED) is 0.808. The van der Waals surface area contributed by atoms with E-state index in [4.69, 9.17) is 16.3 Å². The molecule has 2 amide bonds. The summed E-state index contributed by atoms with van der Waals surface area (Å²) in [5.41, 5.74) is 0.787. The molecule has 7 heteroatoms. The largest absolute Gasteiger partial charge is 0.479 e. The molecule has 1 unspecified atom stereocenters. The van der Waals surface area contributed by atoms with Gasteiger partial charge in [-0.1, -0.05) is 31.0 Å². The average Bonchev–Trinajstić information content (AvgIpc) is 2.62. The Morgan fingerprint density at radius 1 is 1.33 bits per heavy atom. The van der Waals surface area contributed by atoms with Gasteiger partial charge in [0.2, 0.25) is 0 Å². The van der Waals surface area contributed by atoms with Gasteiger partial charge in [0.15, 0.2) is 6.10 Å². The molecular weight excluding hydrogens is 371 g/mol. The van der Waals surface area contributed by atoms with Crippen molar-refractivity contribution >= 4 is 34.8 Å². The summed E-state index contributed by atoms with van der Waals surface area (Å²) in [5, 5.41) is 2.67. The van der Waals surface area contributed by atoms with Crippen molar-refractivity contribution in [2.45, 2.75) is 32.8 Å². The van der Waals surface area contributed by atoms with E-state index in [0.29, 0.717) is 23.7 Å². The van der Waals surface area contributed by atoms with Crippen LogP contribution in [0, 0.1) is 5.82 Å². The zero-order valence-electron chi connectivity index (χ0n) is 15.1. The predicted molar refractivity (Wildman–Crippen MR) is 103 cm³/mol. The van der Waals surface area contributed by atoms with Gasteiger partial charge in [0.1, 0.15) is 11.6 Å². The lowest BCUT2D eigenvalue weighted by molar-refractivity contribution is -0.125. The molecule has 0 radical (unpaired) electrons. The summed E-state index contributed by atoms with van der Waals surface area (Å²) >= 11 is 5.95. The highest BCUT2D eigenvalue weighted by Gasteiger charge is 2.31. The van der Waals surface area contributed by atoms with Crippen LogP contribution in [0.5, 0.6) is 5.75 Å². The minimum Gasteiger partial charge on any atom is -0.479 e. The number of anilines is 2. The second-order valence-electron chi connectivity index (χ2n) is 6.34. The summed E-state index contributed by atoms with van der Waals surface area (Å²) in [6.07, 6.45) is 1.22. The summed E-state index contributed by atoms with van der Waals surface area (Å²) in [6, 6.07) is 9.05. The number of halogens is 2. The van der Waals surface area contributed by atoms with Crippen LogP contribution in [0.2, 0.25) is 5.02 Å². The normalized spacial score (nSPS) is 15.9. The molecule has 0 aromatic heterocycles. The van der Waals surface area contributed by atoms with E-state index in [9.17, 15) is 14.0 Å². The van der Waals surface area contributed by atoms with Crippen LogP contribution in [0.1, 0.15) is 37.0 Å². The van der Waals surface area contributed by atoms with Gasteiger partial charge in [-0.15, -0.1) is 0 Å². The van der Waals surface area contributed by atoms with Crippen LogP contribution < -0.4 is 15.0 Å². The maximum atomic E-state index is 14.0. The van der Waals surface area contributed by atoms with Gasteiger partial charge in [-0.25, -0.2) is 4.39 Å². The number of amides is 2. The predicted octanol–water partition coefficient (Wildman–Crippen LogP) is 4.65. The average molecular weight is 391 g/mol. The lowest BCUT2D eigenvalue weighted by Gasteiger charge is -2.33. The maximum absolute atomic E-state index is 14.0. The standard InChI is InChI=1S/C20H20ClFN2O3/c1-3-4-10-24-16-11-13(8-9-17(16)27-12(2)20(24)26)23-19(25)18-14(21)6-5-7-15(18)22/h5-9,11-12H,3-4,10H2,1-2H3,(H,23,25). The van der Waals surface area contributed by atoms with E-state index in [1.54, 1.807) is 30.0 Å². The maximum Gasteiger partial charge on any atom is 0.267 e. The van der Waals surface area contributed by atoms with E-state index in [-0.39, 0.29) is 16.5 Å². The lowest BCUT2D eigenvalue weighted by Crippen LogP contribution is -2.44. The van der Waals surface area contributed by atoms with Crippen molar-refractivity contribution in [3.63, 3.8) is 0 Å². The van der Waals surface area contributed by atoms with Gasteiger partial charge < -0.3 is 15.0 Å². The molecule has 1 aliphatic rings. The number of hydrogen-bond donors (Lipinski definition) is 1. The van der Waals surface area contributed by atoms with E-state index in [1.165, 1.54) is 18.2 Å². The number of carbonyl (C=O) groups excluding carboxylic acids is 2. The summed E-state index contributed by atoms with van der Waals surface area (Å²) in [6.45, 7) is 4.32. The summed E-state index contributed by atoms with van der Waals surface area (Å²) in [4.78, 5) is 26.6. The van der Waals surface area contributed by atoms with Gasteiger partial charge in [-0.3, -0.25) is 9.59 Å². The Hall–Kier alpha value is -2.60. The molecule has 0 spiro atoms. The minimum absolute atomic E-state index is 0.0300. The Kier molecular flexibility index (Phi) is 5.65. The van der Waals surface area contributed by atoms with Crippen molar-refractivity contribution in [2.75, 3.05) is 16.8 Å². The van der Waals surface area contributed by atoms with Crippen molar-refractivity contribution in [3.8, 4) is 5.75 Å². The van der Waals surface area contributed by atoms with Gasteiger partial charge >= 0.3 is 0 Å². The Balaban J connectivity index is 1.90. The second-order valence-corrected chi connectivity index (χ2v) is 6.74. The van der Waals surface area contributed by atoms with Crippen LogP contribution in [0.15, 0.2) is 36.4 Å². The molecule has 27 heavy (non-hydrogen) atoms. The second kappa shape index (κ2) is 7.96. The Labute approximate surface area is 162 Å². The van der Waals surface area contributed by atoms with Gasteiger partial charge in [0.05, 0.1) is 16.3 Å². The number of ether oxygens (including phenoxy) is 1. The van der Waals surface area contributed by atoms with Crippen molar-refractivity contribution in [1.82, 2.24) is 0 Å². The molecule has 1 atom stereocenters. The molecule has 0 aliphatic carbocycles. The highest BCUT2D eigenvalue weighted by Crippen LogP contribution is 2.36. The molecular formula is C20H20ClFN2O3. The van der Waals surface area contributed by atoms with E-state index in [0.717, 1.165) is 12.8 Å². The van der Waals surface area contributed by atoms with Crippen LogP contribution in [-0.4, -0.2) is 24.5 Å². The fourth-order valence-electron chi connectivity index (χ4n) is 2.94. The summed E-state index contributed by atoms with van der Waals surface area (Å²) < 4.78 is 19.6. The van der Waals surface area contributed by atoms with Crippen LogP contribution in [-0.2, 0) is 4.79 Å². The van der Waals surface area contributed by atoms with Crippen LogP contribution in [0.4, 0.5) is 15.8 Å². The number of carbonyl (C=O) groups is 2. The number of benzene rings is 2. The van der Waals surface area contributed by atoms with Crippen molar-refractivity contribution in [2.24, 2.45) is 0 Å². The van der Waals surface area contributed by atoms with Gasteiger partial charge in [-0.2, -0.15) is 0 Å². The molecule has 1 heterocycles. The Morgan fingerprint density at radius 2 is 2.11 bits per heavy atom. The minimum atomic E-state index is -0.699. The fraction of sp³-hybridized carbons (Fsp3) is 0.300. The number of nitrogens with zero attached hydrogens (tertiary/aromatic N) is 1. The number of unbranched alkanes of at least 4 members (excludes halogenated alkanes) is 1. The molecule has 1 N–H and O–H groups in total. The van der Waals surface area contributed by atoms with Crippen molar-refractivity contribution in [3.05, 3.63) is 52.8 Å². The molecule has 0 saturated carbocycles. The lowest BCUT2D eigenvalue weighted by atomic mass is 10.1. The third-order valence-electron chi connectivity index (χ3n) is 4.35. The molecule has 0 bridgehead atoms. The molecule has 142 valence electrons. The monoisotopic (exact) mass is 390 g/mol.